The van der Waals surface area contributed by atoms with Gasteiger partial charge in [0.15, 0.2) is 6.07 Å². The summed E-state index contributed by atoms with van der Waals surface area (Å²) in [6.07, 6.45) is 2.53. The zero-order chi connectivity index (χ0) is 11.7. The highest BCUT2D eigenvalue weighted by atomic mass is 16.6. The van der Waals surface area contributed by atoms with Gasteiger partial charge in [-0.15, -0.1) is 0 Å². The fourth-order valence-electron chi connectivity index (χ4n) is 0.689. The number of hydrogen-bond acceptors (Lipinski definition) is 4. The van der Waals surface area contributed by atoms with E-state index in [1.165, 1.54) is 6.07 Å². The minimum absolute atomic E-state index is 0.497. The monoisotopic (exact) mass is 212 g/mol. The molecule has 0 spiro atoms. The molecule has 7 heteroatoms. The summed E-state index contributed by atoms with van der Waals surface area (Å²) in [5.41, 5.74) is -0.708. The maximum atomic E-state index is 11.0. The third-order valence-electron chi connectivity index (χ3n) is 1.47. The third kappa shape index (κ3) is 6.04. The van der Waals surface area contributed by atoms with Gasteiger partial charge in [-0.05, 0) is 6.42 Å². The van der Waals surface area contributed by atoms with Gasteiger partial charge in [0.1, 0.15) is 0 Å². The maximum Gasteiger partial charge on any atom is 0.361 e. The molecular formula is C8H12N4O3. The quantitative estimate of drug-likeness (QED) is 0.303. The van der Waals surface area contributed by atoms with Crippen LogP contribution >= 0.6 is 0 Å². The molecule has 0 unspecified atom stereocenters. The first-order chi connectivity index (χ1) is 7.11. The van der Waals surface area contributed by atoms with Gasteiger partial charge in [-0.1, -0.05) is 13.3 Å². The minimum atomic E-state index is -0.869. The molecule has 0 fully saturated rings. The Bertz CT molecular complexity index is 305. The van der Waals surface area contributed by atoms with E-state index in [-0.39, 0.29) is 0 Å². The van der Waals surface area contributed by atoms with Gasteiger partial charge in [-0.25, -0.2) is 4.79 Å². The van der Waals surface area contributed by atoms with E-state index in [0.29, 0.717) is 6.54 Å². The number of carbonyl (C=O) groups excluding carboxylic acids is 1. The van der Waals surface area contributed by atoms with Crippen molar-refractivity contribution in [3.05, 3.63) is 22.0 Å². The topological polar surface area (TPSA) is 108 Å². The Labute approximate surface area is 86.9 Å². The van der Waals surface area contributed by atoms with Crippen LogP contribution in [0.15, 0.2) is 11.9 Å². The standard InChI is InChI=1S/C8H12N4O3/c1-2-3-4-10-8(13)11-6-7(5-9)12(14)15/h6H,2-4H2,1H3,(H2,10,11,13)/b7-6-. The molecule has 0 aliphatic rings. The molecule has 0 bridgehead atoms. The van der Waals surface area contributed by atoms with Crippen molar-refractivity contribution >= 4 is 6.03 Å². The Hall–Kier alpha value is -2.10. The number of hydrogen-bond donors (Lipinski definition) is 2. The molecule has 15 heavy (non-hydrogen) atoms. The molecule has 0 rings (SSSR count). The van der Waals surface area contributed by atoms with Crippen molar-refractivity contribution < 1.29 is 9.72 Å². The lowest BCUT2D eigenvalue weighted by Crippen LogP contribution is -2.33. The van der Waals surface area contributed by atoms with Gasteiger partial charge >= 0.3 is 11.7 Å². The molecule has 0 saturated carbocycles. The number of nitrogens with zero attached hydrogens (tertiary/aromatic N) is 2. The Kier molecular flexibility index (Phi) is 6.29. The average Bonchev–Trinajstić information content (AvgIpc) is 2.18. The molecule has 0 heterocycles. The molecule has 0 aromatic rings. The molecule has 0 saturated heterocycles. The van der Waals surface area contributed by atoms with E-state index < -0.39 is 16.7 Å². The lowest BCUT2D eigenvalue weighted by Gasteiger charge is -2.01. The number of nitro groups is 1. The summed E-state index contributed by atoms with van der Waals surface area (Å²) in [4.78, 5) is 20.2. The lowest BCUT2D eigenvalue weighted by atomic mass is 10.3. The van der Waals surface area contributed by atoms with Crippen molar-refractivity contribution in [2.45, 2.75) is 19.8 Å². The number of urea groups is 1. The van der Waals surface area contributed by atoms with Gasteiger partial charge in [0, 0.05) is 6.54 Å². The smallest absolute Gasteiger partial charge is 0.338 e. The Morgan fingerprint density at radius 2 is 2.33 bits per heavy atom. The first-order valence-corrected chi connectivity index (χ1v) is 4.40. The number of nitriles is 1. The van der Waals surface area contributed by atoms with Crippen LogP contribution in [0.5, 0.6) is 0 Å². The zero-order valence-electron chi connectivity index (χ0n) is 8.32. The van der Waals surface area contributed by atoms with Crippen LogP contribution < -0.4 is 10.6 Å². The summed E-state index contributed by atoms with van der Waals surface area (Å²) < 4.78 is 0. The third-order valence-corrected chi connectivity index (χ3v) is 1.47. The molecule has 2 amide bonds. The van der Waals surface area contributed by atoms with Crippen molar-refractivity contribution in [3.63, 3.8) is 0 Å². The van der Waals surface area contributed by atoms with E-state index in [4.69, 9.17) is 5.26 Å². The summed E-state index contributed by atoms with van der Waals surface area (Å²) in [6, 6.07) is 0.786. The second-order valence-electron chi connectivity index (χ2n) is 2.65. The summed E-state index contributed by atoms with van der Waals surface area (Å²) in [7, 11) is 0. The van der Waals surface area contributed by atoms with E-state index in [0.717, 1.165) is 19.0 Å². The molecule has 0 aromatic carbocycles. The van der Waals surface area contributed by atoms with Gasteiger partial charge in [-0.3, -0.25) is 10.1 Å². The molecule has 0 atom stereocenters. The highest BCUT2D eigenvalue weighted by molar-refractivity contribution is 5.74. The van der Waals surface area contributed by atoms with E-state index in [9.17, 15) is 14.9 Å². The highest BCUT2D eigenvalue weighted by Crippen LogP contribution is 1.89. The number of amides is 2. The second-order valence-corrected chi connectivity index (χ2v) is 2.65. The van der Waals surface area contributed by atoms with E-state index in [2.05, 4.69) is 10.6 Å². The average molecular weight is 212 g/mol. The summed E-state index contributed by atoms with van der Waals surface area (Å²) >= 11 is 0. The normalized spacial score (nSPS) is 10.3. The van der Waals surface area contributed by atoms with Crippen LogP contribution in [-0.2, 0) is 0 Å². The molecule has 2 N–H and O–H groups in total. The van der Waals surface area contributed by atoms with Crippen LogP contribution in [0.3, 0.4) is 0 Å². The van der Waals surface area contributed by atoms with Crippen LogP contribution in [0.2, 0.25) is 0 Å². The maximum absolute atomic E-state index is 11.0. The van der Waals surface area contributed by atoms with Gasteiger partial charge in [0.25, 0.3) is 0 Å². The molecule has 0 aromatic heterocycles. The molecule has 82 valence electrons. The SMILES string of the molecule is CCCCNC(=O)N/C=C(/C#N)[N+](=O)[O-]. The van der Waals surface area contributed by atoms with Crippen molar-refractivity contribution in [3.8, 4) is 6.07 Å². The lowest BCUT2D eigenvalue weighted by molar-refractivity contribution is -0.417. The summed E-state index contributed by atoms with van der Waals surface area (Å²) in [6.45, 7) is 2.47. The molecule has 0 radical (unpaired) electrons. The van der Waals surface area contributed by atoms with Crippen molar-refractivity contribution in [1.82, 2.24) is 10.6 Å². The van der Waals surface area contributed by atoms with E-state index in [1.807, 2.05) is 6.92 Å². The Morgan fingerprint density at radius 3 is 2.80 bits per heavy atom. The molecule has 0 aliphatic carbocycles. The van der Waals surface area contributed by atoms with Crippen LogP contribution in [0.4, 0.5) is 4.79 Å². The van der Waals surface area contributed by atoms with Crippen LogP contribution in [-0.4, -0.2) is 17.5 Å². The molecule has 7 nitrogen and oxygen atoms in total. The van der Waals surface area contributed by atoms with Gasteiger partial charge in [0.2, 0.25) is 0 Å². The number of rotatable bonds is 5. The largest absolute Gasteiger partial charge is 0.361 e. The van der Waals surface area contributed by atoms with Crippen LogP contribution in [0, 0.1) is 21.4 Å². The molecular weight excluding hydrogens is 200 g/mol. The van der Waals surface area contributed by atoms with Gasteiger partial charge in [0.05, 0.1) is 11.1 Å². The Balaban J connectivity index is 3.98. The first-order valence-electron chi connectivity index (χ1n) is 4.40. The predicted octanol–water partition coefficient (Wildman–Crippen LogP) is 0.727. The predicted molar refractivity (Wildman–Crippen MR) is 52.1 cm³/mol. The zero-order valence-corrected chi connectivity index (χ0v) is 8.32. The van der Waals surface area contributed by atoms with Crippen molar-refractivity contribution in [2.75, 3.05) is 6.54 Å². The molecule has 0 aliphatic heterocycles. The van der Waals surface area contributed by atoms with E-state index in [1.54, 1.807) is 0 Å². The number of carbonyl (C=O) groups is 1. The Morgan fingerprint density at radius 1 is 1.67 bits per heavy atom. The number of allylic oxidation sites excluding steroid dienone is 1. The highest BCUT2D eigenvalue weighted by Gasteiger charge is 2.08. The number of unbranched alkanes of at least 4 members (excludes halogenated alkanes) is 1. The summed E-state index contributed by atoms with van der Waals surface area (Å²) in [5.74, 6) is 0. The van der Waals surface area contributed by atoms with Crippen molar-refractivity contribution in [1.29, 1.82) is 5.26 Å². The van der Waals surface area contributed by atoms with Crippen molar-refractivity contribution in [2.24, 2.45) is 0 Å². The van der Waals surface area contributed by atoms with Crippen LogP contribution in [0.1, 0.15) is 19.8 Å². The van der Waals surface area contributed by atoms with Crippen LogP contribution in [0.25, 0.3) is 0 Å². The fourth-order valence-corrected chi connectivity index (χ4v) is 0.689. The van der Waals surface area contributed by atoms with Gasteiger partial charge in [-0.2, -0.15) is 5.26 Å². The van der Waals surface area contributed by atoms with Gasteiger partial charge < -0.3 is 10.6 Å². The summed E-state index contributed by atoms with van der Waals surface area (Å²) in [5, 5.41) is 23.0. The fraction of sp³-hybridized carbons (Fsp3) is 0.500. The second kappa shape index (κ2) is 7.32. The number of nitrogens with one attached hydrogen (secondary N) is 2. The van der Waals surface area contributed by atoms with E-state index >= 15 is 0 Å². The first kappa shape index (κ1) is 12.9. The minimum Gasteiger partial charge on any atom is -0.338 e.